The van der Waals surface area contributed by atoms with E-state index in [1.807, 2.05) is 48.3 Å². The first kappa shape index (κ1) is 16.8. The second-order valence-electron chi connectivity index (χ2n) is 6.11. The van der Waals surface area contributed by atoms with E-state index >= 15 is 0 Å². The maximum atomic E-state index is 12.1. The summed E-state index contributed by atoms with van der Waals surface area (Å²) in [5.74, 6) is -0.312. The fraction of sp³-hybridized carbons (Fsp3) is 0.150. The van der Waals surface area contributed by atoms with Crippen molar-refractivity contribution in [2.45, 2.75) is 0 Å². The van der Waals surface area contributed by atoms with Crippen molar-refractivity contribution in [2.24, 2.45) is 4.99 Å². The molecular weight excluding hydrogens is 346 g/mol. The smallest absolute Gasteiger partial charge is 0.336 e. The van der Waals surface area contributed by atoms with Gasteiger partial charge in [0.1, 0.15) is 0 Å². The van der Waals surface area contributed by atoms with Crippen molar-refractivity contribution in [3.8, 4) is 22.6 Å². The van der Waals surface area contributed by atoms with Gasteiger partial charge < -0.3 is 19.7 Å². The molecule has 7 nitrogen and oxygen atoms in total. The Hall–Kier alpha value is -3.61. The van der Waals surface area contributed by atoms with Crippen molar-refractivity contribution in [3.63, 3.8) is 0 Å². The number of hydrogen-bond donors (Lipinski definition) is 1. The van der Waals surface area contributed by atoms with Crippen LogP contribution >= 0.6 is 0 Å². The van der Waals surface area contributed by atoms with E-state index in [-0.39, 0.29) is 11.5 Å². The van der Waals surface area contributed by atoms with Crippen LogP contribution in [0.1, 0.15) is 0 Å². The molecule has 2 aliphatic rings. The summed E-state index contributed by atoms with van der Waals surface area (Å²) in [4.78, 5) is 30.3. The Morgan fingerprint density at radius 1 is 1.00 bits per heavy atom. The van der Waals surface area contributed by atoms with Gasteiger partial charge in [-0.25, -0.2) is 9.59 Å². The number of fused-ring (bicyclic) bond motifs is 1. The van der Waals surface area contributed by atoms with Crippen molar-refractivity contribution in [1.82, 2.24) is 4.90 Å². The average Bonchev–Trinajstić information content (AvgIpc) is 3.07. The molecule has 0 aliphatic carbocycles. The fourth-order valence-corrected chi connectivity index (χ4v) is 2.92. The highest BCUT2D eigenvalue weighted by molar-refractivity contribution is 6.03. The average molecular weight is 363 g/mol. The first-order chi connectivity index (χ1) is 13.1. The highest BCUT2D eigenvalue weighted by Crippen LogP contribution is 2.43. The van der Waals surface area contributed by atoms with Gasteiger partial charge in [-0.05, 0) is 17.7 Å². The molecule has 0 saturated carbocycles. The summed E-state index contributed by atoms with van der Waals surface area (Å²) in [6.07, 6.45) is 2.09. The number of aliphatic imine (C=N–C) groups is 1. The van der Waals surface area contributed by atoms with E-state index in [1.165, 1.54) is 0 Å². The minimum atomic E-state index is -0.650. The third-order valence-corrected chi connectivity index (χ3v) is 4.27. The van der Waals surface area contributed by atoms with E-state index < -0.39 is 11.9 Å². The quantitative estimate of drug-likeness (QED) is 0.652. The lowest BCUT2D eigenvalue weighted by atomic mass is 10.0. The van der Waals surface area contributed by atoms with Crippen LogP contribution in [-0.2, 0) is 9.59 Å². The number of likely N-dealkylation sites (N-methyl/N-ethyl adjacent to an activating group) is 1. The van der Waals surface area contributed by atoms with Gasteiger partial charge in [0, 0.05) is 31.3 Å². The Morgan fingerprint density at radius 3 is 2.44 bits per heavy atom. The molecule has 136 valence electrons. The number of esters is 2. The zero-order valence-corrected chi connectivity index (χ0v) is 14.6. The Morgan fingerprint density at radius 2 is 1.74 bits per heavy atom. The predicted molar refractivity (Wildman–Crippen MR) is 101 cm³/mol. The van der Waals surface area contributed by atoms with Crippen LogP contribution in [0.2, 0.25) is 0 Å². The summed E-state index contributed by atoms with van der Waals surface area (Å²) < 4.78 is 10.8. The number of benzene rings is 2. The van der Waals surface area contributed by atoms with Crippen molar-refractivity contribution in [2.75, 3.05) is 25.5 Å². The molecule has 0 aromatic heterocycles. The summed E-state index contributed by atoms with van der Waals surface area (Å²) in [6.45, 7) is 1.46. The Labute approximate surface area is 155 Å². The van der Waals surface area contributed by atoms with Crippen LogP contribution in [0.15, 0.2) is 59.6 Å². The van der Waals surface area contributed by atoms with Crippen LogP contribution in [0.5, 0.6) is 11.5 Å². The van der Waals surface area contributed by atoms with Gasteiger partial charge in [-0.15, -0.1) is 0 Å². The summed E-state index contributed by atoms with van der Waals surface area (Å²) in [5.41, 5.74) is 2.23. The highest BCUT2D eigenvalue weighted by Gasteiger charge is 2.25. The Balaban J connectivity index is 1.88. The molecule has 1 N–H and O–H groups in total. The van der Waals surface area contributed by atoms with Gasteiger partial charge in [0.15, 0.2) is 17.5 Å². The topological polar surface area (TPSA) is 80.2 Å². The van der Waals surface area contributed by atoms with Crippen LogP contribution < -0.4 is 14.8 Å². The molecule has 2 aliphatic heterocycles. The van der Waals surface area contributed by atoms with E-state index in [1.54, 1.807) is 6.07 Å². The minimum Gasteiger partial charge on any atom is -0.419 e. The molecule has 0 unspecified atom stereocenters. The molecule has 0 radical (unpaired) electrons. The summed E-state index contributed by atoms with van der Waals surface area (Å²) in [5, 5.41) is 3.25. The number of nitrogens with one attached hydrogen (secondary N) is 1. The number of ether oxygens (including phenoxy) is 2. The van der Waals surface area contributed by atoms with E-state index in [0.717, 1.165) is 29.8 Å². The van der Waals surface area contributed by atoms with Crippen molar-refractivity contribution in [3.05, 3.63) is 54.6 Å². The zero-order chi connectivity index (χ0) is 18.8. The standard InChI is InChI=1S/C20H17N3O4/c1-23-12-11-21-20(23)22-18-14(13-5-3-2-4-6-13)7-8-15-19(18)27-17(25)10-9-16(24)26-15/h2-10H,11-12H2,1H3,(H,21,22)/b10-9+. The van der Waals surface area contributed by atoms with Crippen molar-refractivity contribution < 1.29 is 19.1 Å². The second kappa shape index (κ2) is 6.95. The maximum absolute atomic E-state index is 12.1. The minimum absolute atomic E-state index is 0.155. The molecule has 0 saturated heterocycles. The summed E-state index contributed by atoms with van der Waals surface area (Å²) >= 11 is 0. The van der Waals surface area contributed by atoms with Gasteiger partial charge in [-0.2, -0.15) is 0 Å². The molecule has 7 heteroatoms. The number of nitrogens with zero attached hydrogens (tertiary/aromatic N) is 2. The highest BCUT2D eigenvalue weighted by atomic mass is 16.6. The van der Waals surface area contributed by atoms with Crippen molar-refractivity contribution in [1.29, 1.82) is 0 Å². The Kier molecular flexibility index (Phi) is 4.33. The second-order valence-corrected chi connectivity index (χ2v) is 6.11. The number of rotatable bonds is 2. The largest absolute Gasteiger partial charge is 0.419 e. The number of anilines is 1. The third kappa shape index (κ3) is 3.39. The monoisotopic (exact) mass is 363 g/mol. The van der Waals surface area contributed by atoms with E-state index in [0.29, 0.717) is 18.2 Å². The molecule has 0 amide bonds. The molecule has 27 heavy (non-hydrogen) atoms. The van der Waals surface area contributed by atoms with Crippen LogP contribution in [0.3, 0.4) is 0 Å². The first-order valence-electron chi connectivity index (χ1n) is 8.48. The normalized spacial score (nSPS) is 17.2. The summed E-state index contributed by atoms with van der Waals surface area (Å²) in [7, 11) is 1.92. The van der Waals surface area contributed by atoms with Crippen LogP contribution in [0.4, 0.5) is 5.69 Å². The van der Waals surface area contributed by atoms with Crippen LogP contribution in [-0.4, -0.2) is 42.9 Å². The molecule has 0 fully saturated rings. The molecule has 4 rings (SSSR count). The molecule has 2 heterocycles. The van der Waals surface area contributed by atoms with Gasteiger partial charge >= 0.3 is 11.9 Å². The molecule has 0 bridgehead atoms. The molecule has 2 aromatic carbocycles. The van der Waals surface area contributed by atoms with Gasteiger partial charge in [0.25, 0.3) is 0 Å². The van der Waals surface area contributed by atoms with Gasteiger partial charge in [-0.3, -0.25) is 4.99 Å². The van der Waals surface area contributed by atoms with E-state index in [4.69, 9.17) is 9.47 Å². The molecule has 2 aromatic rings. The number of carbonyl (C=O) groups excluding carboxylic acids is 2. The first-order valence-corrected chi connectivity index (χ1v) is 8.48. The molecular formula is C20H17N3O4. The zero-order valence-electron chi connectivity index (χ0n) is 14.6. The SMILES string of the molecule is CN1CCN=C1Nc1c(-c2ccccc2)ccc2c1OC(=O)/C=C/C(=O)O2. The van der Waals surface area contributed by atoms with Gasteiger partial charge in [0.2, 0.25) is 0 Å². The lowest BCUT2D eigenvalue weighted by molar-refractivity contribution is -0.133. The lowest BCUT2D eigenvalue weighted by Gasteiger charge is -2.22. The molecule has 0 spiro atoms. The fourth-order valence-electron chi connectivity index (χ4n) is 2.92. The van der Waals surface area contributed by atoms with Gasteiger partial charge in [-0.1, -0.05) is 30.3 Å². The van der Waals surface area contributed by atoms with Crippen LogP contribution in [0, 0.1) is 0 Å². The van der Waals surface area contributed by atoms with E-state index in [9.17, 15) is 9.59 Å². The number of hydrogen-bond acceptors (Lipinski definition) is 7. The predicted octanol–water partition coefficient (Wildman–Crippen LogP) is 2.45. The third-order valence-electron chi connectivity index (χ3n) is 4.27. The van der Waals surface area contributed by atoms with E-state index in [2.05, 4.69) is 10.3 Å². The number of guanidine groups is 1. The summed E-state index contributed by atoms with van der Waals surface area (Å²) in [6, 6.07) is 13.1. The van der Waals surface area contributed by atoms with Crippen LogP contribution in [0.25, 0.3) is 11.1 Å². The maximum Gasteiger partial charge on any atom is 0.336 e. The molecule has 0 atom stereocenters. The lowest BCUT2D eigenvalue weighted by Crippen LogP contribution is -2.29. The van der Waals surface area contributed by atoms with Gasteiger partial charge in [0.05, 0.1) is 12.2 Å². The van der Waals surface area contributed by atoms with Crippen molar-refractivity contribution >= 4 is 23.6 Å². The Bertz CT molecular complexity index is 967. The number of carbonyl (C=O) groups is 2.